The molecule has 3 rings (SSSR count). The minimum absolute atomic E-state index is 0.0882. The van der Waals surface area contributed by atoms with Crippen LogP contribution in [0.3, 0.4) is 0 Å². The molecule has 2 fully saturated rings. The van der Waals surface area contributed by atoms with Crippen molar-refractivity contribution in [1.29, 1.82) is 0 Å². The number of likely N-dealkylation sites (tertiary alicyclic amines) is 1. The maximum atomic E-state index is 5.21. The fourth-order valence-corrected chi connectivity index (χ4v) is 3.46. The fraction of sp³-hybridized carbons (Fsp3) is 0.588. The third-order valence-corrected chi connectivity index (χ3v) is 4.81. The van der Waals surface area contributed by atoms with Gasteiger partial charge in [-0.3, -0.25) is 0 Å². The fourth-order valence-electron chi connectivity index (χ4n) is 3.46. The monoisotopic (exact) mass is 272 g/mol. The van der Waals surface area contributed by atoms with E-state index in [1.165, 1.54) is 24.1 Å². The highest BCUT2D eigenvalue weighted by molar-refractivity contribution is 5.98. The molecule has 3 heteroatoms. The van der Waals surface area contributed by atoms with Crippen molar-refractivity contribution in [2.24, 2.45) is 11.1 Å². The van der Waals surface area contributed by atoms with Crippen molar-refractivity contribution in [1.82, 2.24) is 4.90 Å². The van der Waals surface area contributed by atoms with Gasteiger partial charge in [-0.15, -0.1) is 0 Å². The average molecular weight is 272 g/mol. The van der Waals surface area contributed by atoms with Crippen molar-refractivity contribution >= 4 is 5.71 Å². The Morgan fingerprint density at radius 2 is 1.85 bits per heavy atom. The van der Waals surface area contributed by atoms with Crippen molar-refractivity contribution < 1.29 is 4.84 Å². The average Bonchev–Trinajstić information content (AvgIpc) is 3.32. The lowest BCUT2D eigenvalue weighted by Gasteiger charge is -2.42. The van der Waals surface area contributed by atoms with Crippen LogP contribution in [0.15, 0.2) is 35.5 Å². The molecule has 0 atom stereocenters. The van der Waals surface area contributed by atoms with Gasteiger partial charge in [0.1, 0.15) is 7.11 Å². The Labute approximate surface area is 121 Å². The number of rotatable bonds is 4. The van der Waals surface area contributed by atoms with Gasteiger partial charge in [0.05, 0.1) is 5.71 Å². The largest absolute Gasteiger partial charge is 0.399 e. The van der Waals surface area contributed by atoms with Crippen LogP contribution in [0.5, 0.6) is 0 Å². The Morgan fingerprint density at radius 3 is 2.40 bits per heavy atom. The molecule has 1 aromatic carbocycles. The predicted octanol–water partition coefficient (Wildman–Crippen LogP) is 3.06. The van der Waals surface area contributed by atoms with E-state index >= 15 is 0 Å². The molecule has 20 heavy (non-hydrogen) atoms. The second-order valence-corrected chi connectivity index (χ2v) is 6.18. The van der Waals surface area contributed by atoms with Crippen LogP contribution in [0.25, 0.3) is 0 Å². The first-order valence-corrected chi connectivity index (χ1v) is 7.62. The van der Waals surface area contributed by atoms with E-state index in [1.807, 2.05) is 0 Å². The number of hydrogen-bond acceptors (Lipinski definition) is 3. The Hall–Kier alpha value is -1.35. The van der Waals surface area contributed by atoms with E-state index in [-0.39, 0.29) is 5.41 Å². The summed E-state index contributed by atoms with van der Waals surface area (Å²) in [6.45, 7) is 2.26. The molecule has 0 spiro atoms. The van der Waals surface area contributed by atoms with Gasteiger partial charge in [0.25, 0.3) is 0 Å². The highest BCUT2D eigenvalue weighted by Crippen LogP contribution is 2.45. The first kappa shape index (κ1) is 13.6. The second-order valence-electron chi connectivity index (χ2n) is 6.18. The minimum atomic E-state index is 0.0882. The van der Waals surface area contributed by atoms with Gasteiger partial charge < -0.3 is 9.74 Å². The standard InChI is InChI=1S/C17H24N2O/c1-19-12-10-17(11-13-19,15-6-4-3-5-7-15)16(18-20-2)14-8-9-14/h3-7,14H,8-13H2,1-2H3. The van der Waals surface area contributed by atoms with E-state index in [0.717, 1.165) is 25.9 Å². The van der Waals surface area contributed by atoms with Crippen LogP contribution in [-0.4, -0.2) is 37.9 Å². The van der Waals surface area contributed by atoms with E-state index in [2.05, 4.69) is 47.4 Å². The van der Waals surface area contributed by atoms with Crippen molar-refractivity contribution in [3.63, 3.8) is 0 Å². The summed E-state index contributed by atoms with van der Waals surface area (Å²) in [4.78, 5) is 7.62. The van der Waals surface area contributed by atoms with E-state index in [4.69, 9.17) is 4.84 Å². The van der Waals surface area contributed by atoms with Crippen LogP contribution < -0.4 is 0 Å². The van der Waals surface area contributed by atoms with Gasteiger partial charge in [-0.2, -0.15) is 0 Å². The molecule has 0 N–H and O–H groups in total. The molecule has 0 aromatic heterocycles. The Balaban J connectivity index is 2.01. The van der Waals surface area contributed by atoms with Crippen LogP contribution in [0.4, 0.5) is 0 Å². The van der Waals surface area contributed by atoms with Crippen molar-refractivity contribution in [2.45, 2.75) is 31.1 Å². The van der Waals surface area contributed by atoms with Crippen LogP contribution in [0.1, 0.15) is 31.2 Å². The molecule has 1 saturated heterocycles. The summed E-state index contributed by atoms with van der Waals surface area (Å²) < 4.78 is 0. The third-order valence-electron chi connectivity index (χ3n) is 4.81. The molecule has 2 aliphatic rings. The Morgan fingerprint density at radius 1 is 1.20 bits per heavy atom. The topological polar surface area (TPSA) is 24.8 Å². The summed E-state index contributed by atoms with van der Waals surface area (Å²) in [5.74, 6) is 0.638. The highest BCUT2D eigenvalue weighted by Gasteiger charge is 2.46. The van der Waals surface area contributed by atoms with Gasteiger partial charge in [-0.05, 0) is 51.4 Å². The van der Waals surface area contributed by atoms with E-state index in [0.29, 0.717) is 5.92 Å². The summed E-state index contributed by atoms with van der Waals surface area (Å²) in [7, 11) is 3.88. The number of benzene rings is 1. The molecule has 1 heterocycles. The zero-order chi connectivity index (χ0) is 14.0. The van der Waals surface area contributed by atoms with Crippen LogP contribution in [-0.2, 0) is 10.3 Å². The number of hydrogen-bond donors (Lipinski definition) is 0. The molecule has 3 nitrogen and oxygen atoms in total. The maximum Gasteiger partial charge on any atom is 0.106 e. The smallest absolute Gasteiger partial charge is 0.106 e. The molecule has 1 aliphatic heterocycles. The SMILES string of the molecule is CON=C(C1CC1)C1(c2ccccc2)CCN(C)CC1. The lowest BCUT2D eigenvalue weighted by Crippen LogP contribution is -2.47. The third kappa shape index (κ3) is 2.47. The molecule has 108 valence electrons. The molecule has 1 aromatic rings. The van der Waals surface area contributed by atoms with Crippen LogP contribution >= 0.6 is 0 Å². The summed E-state index contributed by atoms with van der Waals surface area (Å²) in [6.07, 6.45) is 4.83. The summed E-state index contributed by atoms with van der Waals surface area (Å²) in [6, 6.07) is 10.9. The Kier molecular flexibility index (Phi) is 3.79. The predicted molar refractivity (Wildman–Crippen MR) is 82.0 cm³/mol. The van der Waals surface area contributed by atoms with Gasteiger partial charge in [-0.25, -0.2) is 0 Å². The van der Waals surface area contributed by atoms with E-state index in [1.54, 1.807) is 7.11 Å². The summed E-state index contributed by atoms with van der Waals surface area (Å²) >= 11 is 0. The summed E-state index contributed by atoms with van der Waals surface area (Å²) in [5.41, 5.74) is 2.79. The van der Waals surface area contributed by atoms with Crippen molar-refractivity contribution in [2.75, 3.05) is 27.2 Å². The van der Waals surface area contributed by atoms with E-state index < -0.39 is 0 Å². The lowest BCUT2D eigenvalue weighted by atomic mass is 9.68. The van der Waals surface area contributed by atoms with Crippen molar-refractivity contribution in [3.8, 4) is 0 Å². The summed E-state index contributed by atoms with van der Waals surface area (Å²) in [5, 5.41) is 4.48. The van der Waals surface area contributed by atoms with Gasteiger partial charge in [0.15, 0.2) is 0 Å². The molecular formula is C17H24N2O. The zero-order valence-electron chi connectivity index (χ0n) is 12.5. The number of piperidine rings is 1. The number of oxime groups is 1. The van der Waals surface area contributed by atoms with Crippen molar-refractivity contribution in [3.05, 3.63) is 35.9 Å². The molecule has 1 saturated carbocycles. The molecular weight excluding hydrogens is 248 g/mol. The molecule has 0 bridgehead atoms. The lowest BCUT2D eigenvalue weighted by molar-refractivity contribution is 0.193. The normalized spacial score (nSPS) is 23.6. The molecule has 0 amide bonds. The van der Waals surface area contributed by atoms with Crippen LogP contribution in [0, 0.1) is 5.92 Å². The first-order valence-electron chi connectivity index (χ1n) is 7.62. The van der Waals surface area contributed by atoms with Gasteiger partial charge >= 0.3 is 0 Å². The van der Waals surface area contributed by atoms with E-state index in [9.17, 15) is 0 Å². The van der Waals surface area contributed by atoms with Gasteiger partial charge in [-0.1, -0.05) is 35.5 Å². The van der Waals surface area contributed by atoms with Gasteiger partial charge in [0.2, 0.25) is 0 Å². The quantitative estimate of drug-likeness (QED) is 0.621. The zero-order valence-corrected chi connectivity index (χ0v) is 12.5. The Bertz CT molecular complexity index is 471. The number of nitrogens with zero attached hydrogens (tertiary/aromatic N) is 2. The maximum absolute atomic E-state index is 5.21. The second kappa shape index (κ2) is 5.57. The molecule has 1 aliphatic carbocycles. The first-order chi connectivity index (χ1) is 9.76. The van der Waals surface area contributed by atoms with Crippen LogP contribution in [0.2, 0.25) is 0 Å². The molecule has 0 unspecified atom stereocenters. The van der Waals surface area contributed by atoms with Gasteiger partial charge in [0, 0.05) is 11.3 Å². The highest BCUT2D eigenvalue weighted by atomic mass is 16.6. The molecule has 0 radical (unpaired) electrons. The minimum Gasteiger partial charge on any atom is -0.399 e.